The molecule has 5 nitrogen and oxygen atoms in total. The van der Waals surface area contributed by atoms with Crippen LogP contribution < -0.4 is 0 Å². The van der Waals surface area contributed by atoms with Gasteiger partial charge in [-0.1, -0.05) is 30.0 Å². The summed E-state index contributed by atoms with van der Waals surface area (Å²) in [6.07, 6.45) is 3.38. The quantitative estimate of drug-likeness (QED) is 0.765. The summed E-state index contributed by atoms with van der Waals surface area (Å²) in [5, 5.41) is 10.7. The maximum atomic E-state index is 11.1. The van der Waals surface area contributed by atoms with Gasteiger partial charge in [-0.25, -0.2) is 14.8 Å². The minimum atomic E-state index is -1.04. The average Bonchev–Trinajstić information content (AvgIpc) is 2.91. The lowest BCUT2D eigenvalue weighted by molar-refractivity contribution is 0.0690. The maximum Gasteiger partial charge on any atom is 0.354 e. The topological polar surface area (TPSA) is 78.9 Å². The summed E-state index contributed by atoms with van der Waals surface area (Å²) in [7, 11) is 0. The van der Waals surface area contributed by atoms with Crippen molar-refractivity contribution in [1.29, 1.82) is 0 Å². The van der Waals surface area contributed by atoms with Gasteiger partial charge in [0, 0.05) is 22.7 Å². The van der Waals surface area contributed by atoms with Crippen molar-refractivity contribution >= 4 is 28.6 Å². The molecule has 0 radical (unpaired) electrons. The van der Waals surface area contributed by atoms with Crippen LogP contribution in [0.3, 0.4) is 0 Å². The van der Waals surface area contributed by atoms with Gasteiger partial charge in [-0.2, -0.15) is 0 Å². The summed E-state index contributed by atoms with van der Waals surface area (Å²) >= 11 is 1.39. The van der Waals surface area contributed by atoms with Gasteiger partial charge >= 0.3 is 5.97 Å². The molecule has 3 rings (SSSR count). The fourth-order valence-corrected chi connectivity index (χ4v) is 2.65. The number of H-pyrrole nitrogens is 1. The van der Waals surface area contributed by atoms with E-state index in [4.69, 9.17) is 5.11 Å². The Morgan fingerprint density at radius 2 is 2.16 bits per heavy atom. The van der Waals surface area contributed by atoms with Gasteiger partial charge in [0.15, 0.2) is 5.16 Å². The van der Waals surface area contributed by atoms with Crippen LogP contribution in [0.4, 0.5) is 0 Å². The van der Waals surface area contributed by atoms with Crippen LogP contribution >= 0.6 is 11.8 Å². The monoisotopic (exact) mass is 271 g/mol. The van der Waals surface area contributed by atoms with Gasteiger partial charge < -0.3 is 10.1 Å². The second-order valence-corrected chi connectivity index (χ2v) is 4.85. The molecule has 3 aromatic rings. The third kappa shape index (κ3) is 2.30. The maximum absolute atomic E-state index is 11.1. The lowest BCUT2D eigenvalue weighted by atomic mass is 10.2. The molecule has 0 aliphatic heterocycles. The number of benzene rings is 1. The van der Waals surface area contributed by atoms with Gasteiger partial charge in [0.05, 0.1) is 5.52 Å². The van der Waals surface area contributed by atoms with Crippen LogP contribution in [0.1, 0.15) is 10.5 Å². The second-order valence-electron chi connectivity index (χ2n) is 3.82. The molecule has 2 heterocycles. The highest BCUT2D eigenvalue weighted by Gasteiger charge is 2.12. The number of aromatic amines is 1. The number of para-hydroxylation sites is 1. The van der Waals surface area contributed by atoms with Crippen molar-refractivity contribution in [2.45, 2.75) is 10.1 Å². The number of aromatic nitrogens is 3. The molecule has 94 valence electrons. The summed E-state index contributed by atoms with van der Waals surface area (Å²) in [6.45, 7) is 0. The van der Waals surface area contributed by atoms with E-state index in [-0.39, 0.29) is 5.69 Å². The highest BCUT2D eigenvalue weighted by Crippen LogP contribution is 2.31. The third-order valence-corrected chi connectivity index (χ3v) is 3.55. The SMILES string of the molecule is O=C(O)c1cc(Sc2ncc[nH]2)c2ccccc2n1. The summed E-state index contributed by atoms with van der Waals surface area (Å²) in [5.74, 6) is -1.04. The standard InChI is InChI=1S/C13H9N3O2S/c17-12(18)10-7-11(19-13-14-5-6-15-13)8-3-1-2-4-9(8)16-10/h1-7H,(H,14,15)(H,17,18). The molecule has 0 saturated heterocycles. The van der Waals surface area contributed by atoms with E-state index < -0.39 is 5.97 Å². The predicted octanol–water partition coefficient (Wildman–Crippen LogP) is 2.81. The Morgan fingerprint density at radius 1 is 1.32 bits per heavy atom. The van der Waals surface area contributed by atoms with E-state index in [0.717, 1.165) is 10.3 Å². The number of pyridine rings is 1. The van der Waals surface area contributed by atoms with E-state index in [1.54, 1.807) is 24.5 Å². The zero-order chi connectivity index (χ0) is 13.2. The smallest absolute Gasteiger partial charge is 0.354 e. The van der Waals surface area contributed by atoms with Crippen molar-refractivity contribution in [2.75, 3.05) is 0 Å². The van der Waals surface area contributed by atoms with Crippen LogP contribution in [0.25, 0.3) is 10.9 Å². The van der Waals surface area contributed by atoms with Gasteiger partial charge in [-0.3, -0.25) is 0 Å². The number of fused-ring (bicyclic) bond motifs is 1. The average molecular weight is 271 g/mol. The van der Waals surface area contributed by atoms with E-state index in [1.807, 2.05) is 18.2 Å². The van der Waals surface area contributed by atoms with Gasteiger partial charge in [0.1, 0.15) is 5.69 Å². The Labute approximate surface area is 112 Å². The highest BCUT2D eigenvalue weighted by molar-refractivity contribution is 7.99. The highest BCUT2D eigenvalue weighted by atomic mass is 32.2. The molecule has 0 unspecified atom stereocenters. The molecule has 0 aliphatic carbocycles. The number of carboxylic acid groups (broad SMARTS) is 1. The first-order valence-electron chi connectivity index (χ1n) is 5.54. The minimum Gasteiger partial charge on any atom is -0.477 e. The minimum absolute atomic E-state index is 0.0350. The van der Waals surface area contributed by atoms with E-state index >= 15 is 0 Å². The van der Waals surface area contributed by atoms with Crippen molar-refractivity contribution in [2.24, 2.45) is 0 Å². The molecule has 1 aromatic carbocycles. The van der Waals surface area contributed by atoms with Crippen LogP contribution in [0.5, 0.6) is 0 Å². The molecule has 2 N–H and O–H groups in total. The number of carboxylic acids is 1. The molecular weight excluding hydrogens is 262 g/mol. The lowest BCUT2D eigenvalue weighted by Gasteiger charge is -2.05. The van der Waals surface area contributed by atoms with Gasteiger partial charge in [0.25, 0.3) is 0 Å². The summed E-state index contributed by atoms with van der Waals surface area (Å²) in [6, 6.07) is 9.02. The zero-order valence-corrected chi connectivity index (χ0v) is 10.5. The van der Waals surface area contributed by atoms with Crippen molar-refractivity contribution in [1.82, 2.24) is 15.0 Å². The first-order valence-corrected chi connectivity index (χ1v) is 6.36. The molecule has 0 saturated carbocycles. The molecule has 0 aliphatic rings. The number of imidazole rings is 1. The van der Waals surface area contributed by atoms with Crippen LogP contribution in [0.15, 0.2) is 52.8 Å². The summed E-state index contributed by atoms with van der Waals surface area (Å²) in [4.78, 5) is 23.2. The van der Waals surface area contributed by atoms with E-state index in [9.17, 15) is 4.79 Å². The molecule has 19 heavy (non-hydrogen) atoms. The first kappa shape index (κ1) is 11.7. The fourth-order valence-electron chi connectivity index (χ4n) is 1.75. The van der Waals surface area contributed by atoms with E-state index in [1.165, 1.54) is 11.8 Å². The number of aromatic carboxylic acids is 1. The van der Waals surface area contributed by atoms with Gasteiger partial charge in [-0.15, -0.1) is 0 Å². The van der Waals surface area contributed by atoms with Crippen molar-refractivity contribution in [3.8, 4) is 0 Å². The molecular formula is C13H9N3O2S. The van der Waals surface area contributed by atoms with E-state index in [0.29, 0.717) is 10.7 Å². The predicted molar refractivity (Wildman–Crippen MR) is 71.4 cm³/mol. The molecule has 6 heteroatoms. The lowest BCUT2D eigenvalue weighted by Crippen LogP contribution is -2.01. The number of hydrogen-bond acceptors (Lipinski definition) is 4. The Kier molecular flexibility index (Phi) is 2.92. The van der Waals surface area contributed by atoms with Crippen molar-refractivity contribution in [3.63, 3.8) is 0 Å². The number of carbonyl (C=O) groups is 1. The van der Waals surface area contributed by atoms with Crippen LogP contribution in [-0.4, -0.2) is 26.0 Å². The van der Waals surface area contributed by atoms with Gasteiger partial charge in [0.2, 0.25) is 0 Å². The molecule has 2 aromatic heterocycles. The molecule has 0 bridgehead atoms. The molecule has 0 atom stereocenters. The second kappa shape index (κ2) is 4.74. The van der Waals surface area contributed by atoms with Gasteiger partial charge in [-0.05, 0) is 12.1 Å². The fraction of sp³-hybridized carbons (Fsp3) is 0. The summed E-state index contributed by atoms with van der Waals surface area (Å²) in [5.41, 5.74) is 0.698. The van der Waals surface area contributed by atoms with Crippen molar-refractivity contribution < 1.29 is 9.90 Å². The van der Waals surface area contributed by atoms with E-state index in [2.05, 4.69) is 15.0 Å². The molecule has 0 fully saturated rings. The first-order chi connectivity index (χ1) is 9.24. The Bertz CT molecular complexity index is 741. The third-order valence-electron chi connectivity index (χ3n) is 2.58. The zero-order valence-electron chi connectivity index (χ0n) is 9.70. The van der Waals surface area contributed by atoms with Crippen molar-refractivity contribution in [3.05, 3.63) is 48.4 Å². The molecule has 0 spiro atoms. The Balaban J connectivity index is 2.17. The number of hydrogen-bond donors (Lipinski definition) is 2. The number of rotatable bonds is 3. The van der Waals surface area contributed by atoms with Crippen LogP contribution in [0.2, 0.25) is 0 Å². The number of nitrogens with one attached hydrogen (secondary N) is 1. The van der Waals surface area contributed by atoms with Crippen LogP contribution in [-0.2, 0) is 0 Å². The van der Waals surface area contributed by atoms with Crippen LogP contribution in [0, 0.1) is 0 Å². The largest absolute Gasteiger partial charge is 0.477 e. The Morgan fingerprint density at radius 3 is 2.89 bits per heavy atom. The normalized spacial score (nSPS) is 10.7. The molecule has 0 amide bonds. The summed E-state index contributed by atoms with van der Waals surface area (Å²) < 4.78 is 0. The Hall–Kier alpha value is -2.34. The number of nitrogens with zero attached hydrogens (tertiary/aromatic N) is 2.